The van der Waals surface area contributed by atoms with Gasteiger partial charge in [-0.1, -0.05) is 39.5 Å². The number of aliphatic hydroxyl groups excluding tert-OH is 2. The highest BCUT2D eigenvalue weighted by Gasteiger charge is 2.31. The Morgan fingerprint density at radius 1 is 0.900 bits per heavy atom. The summed E-state index contributed by atoms with van der Waals surface area (Å²) >= 11 is 0. The smallest absolute Gasteiger partial charge is 0.145 e. The third-order valence-electron chi connectivity index (χ3n) is 3.56. The van der Waals surface area contributed by atoms with Crippen LogP contribution < -0.4 is 0 Å². The van der Waals surface area contributed by atoms with Crippen LogP contribution in [0.1, 0.15) is 71.6 Å². The average Bonchev–Trinajstić information content (AvgIpc) is 2.40. The largest absolute Gasteiger partial charge is 0.396 e. The summed E-state index contributed by atoms with van der Waals surface area (Å²) in [7, 11) is 0. The Labute approximate surface area is 122 Å². The van der Waals surface area contributed by atoms with E-state index in [2.05, 4.69) is 13.8 Å². The van der Waals surface area contributed by atoms with Crippen molar-refractivity contribution in [2.45, 2.75) is 77.7 Å². The van der Waals surface area contributed by atoms with E-state index in [0.717, 1.165) is 38.5 Å². The van der Waals surface area contributed by atoms with E-state index in [0.29, 0.717) is 12.8 Å². The number of rotatable bonds is 13. The van der Waals surface area contributed by atoms with Crippen molar-refractivity contribution in [3.63, 3.8) is 0 Å². The highest BCUT2D eigenvalue weighted by Crippen LogP contribution is 2.18. The molecule has 4 nitrogen and oxygen atoms in total. The first kappa shape index (κ1) is 19.3. The van der Waals surface area contributed by atoms with Crippen LogP contribution in [0.3, 0.4) is 0 Å². The van der Waals surface area contributed by atoms with E-state index < -0.39 is 12.0 Å². The molecule has 0 aromatic heterocycles. The van der Waals surface area contributed by atoms with Crippen molar-refractivity contribution in [1.29, 1.82) is 0 Å². The predicted molar refractivity (Wildman–Crippen MR) is 79.5 cm³/mol. The van der Waals surface area contributed by atoms with E-state index in [1.807, 2.05) is 0 Å². The molecule has 1 unspecified atom stereocenters. The van der Waals surface area contributed by atoms with Gasteiger partial charge in [0.15, 0.2) is 0 Å². The van der Waals surface area contributed by atoms with Crippen molar-refractivity contribution in [3.8, 4) is 0 Å². The second-order valence-corrected chi connectivity index (χ2v) is 5.40. The Bertz CT molecular complexity index is 254. The number of Topliss-reactive ketones (excluding diaryl/α,β-unsaturated/α-hetero) is 2. The molecule has 0 rings (SSSR count). The monoisotopic (exact) mass is 286 g/mol. The molecular formula is C16H30O4. The van der Waals surface area contributed by atoms with E-state index in [1.165, 1.54) is 0 Å². The van der Waals surface area contributed by atoms with Crippen LogP contribution in [-0.2, 0) is 9.59 Å². The van der Waals surface area contributed by atoms with Gasteiger partial charge in [0.25, 0.3) is 0 Å². The van der Waals surface area contributed by atoms with Gasteiger partial charge in [0.2, 0.25) is 0 Å². The summed E-state index contributed by atoms with van der Waals surface area (Å²) in [5.74, 6) is -1.27. The summed E-state index contributed by atoms with van der Waals surface area (Å²) in [4.78, 5) is 24.3. The third kappa shape index (κ3) is 7.75. The zero-order chi connectivity index (χ0) is 15.4. The van der Waals surface area contributed by atoms with Crippen LogP contribution in [0.5, 0.6) is 0 Å². The first-order valence-corrected chi connectivity index (χ1v) is 7.92. The van der Waals surface area contributed by atoms with Gasteiger partial charge in [0.1, 0.15) is 17.5 Å². The Kier molecular flexibility index (Phi) is 11.6. The molecule has 2 N–H and O–H groups in total. The summed E-state index contributed by atoms with van der Waals surface area (Å²) in [5, 5.41) is 18.9. The third-order valence-corrected chi connectivity index (χ3v) is 3.56. The molecule has 0 bridgehead atoms. The molecule has 0 spiro atoms. The molecule has 20 heavy (non-hydrogen) atoms. The van der Waals surface area contributed by atoms with Crippen LogP contribution in [0, 0.1) is 5.92 Å². The first-order valence-electron chi connectivity index (χ1n) is 7.92. The minimum atomic E-state index is -1.04. The summed E-state index contributed by atoms with van der Waals surface area (Å²) in [5.41, 5.74) is 0. The summed E-state index contributed by atoms with van der Waals surface area (Å²) in [6, 6.07) is 0. The summed E-state index contributed by atoms with van der Waals surface area (Å²) < 4.78 is 0. The number of ketones is 2. The van der Waals surface area contributed by atoms with Gasteiger partial charge in [0, 0.05) is 19.4 Å². The zero-order valence-corrected chi connectivity index (χ0v) is 12.9. The molecule has 0 saturated heterocycles. The number of hydrogen-bond donors (Lipinski definition) is 2. The minimum Gasteiger partial charge on any atom is -0.396 e. The fourth-order valence-corrected chi connectivity index (χ4v) is 2.32. The lowest BCUT2D eigenvalue weighted by atomic mass is 9.86. The van der Waals surface area contributed by atoms with E-state index in [-0.39, 0.29) is 24.6 Å². The lowest BCUT2D eigenvalue weighted by Crippen LogP contribution is -2.35. The van der Waals surface area contributed by atoms with Gasteiger partial charge in [-0.15, -0.1) is 0 Å². The Morgan fingerprint density at radius 3 is 1.70 bits per heavy atom. The highest BCUT2D eigenvalue weighted by atomic mass is 16.3. The van der Waals surface area contributed by atoms with Crippen LogP contribution >= 0.6 is 0 Å². The maximum atomic E-state index is 12.1. The highest BCUT2D eigenvalue weighted by molar-refractivity contribution is 6.02. The van der Waals surface area contributed by atoms with Gasteiger partial charge in [-0.2, -0.15) is 0 Å². The molecule has 0 aliphatic rings. The van der Waals surface area contributed by atoms with E-state index in [4.69, 9.17) is 5.11 Å². The van der Waals surface area contributed by atoms with E-state index in [1.54, 1.807) is 0 Å². The van der Waals surface area contributed by atoms with Gasteiger partial charge in [-0.25, -0.2) is 0 Å². The maximum absolute atomic E-state index is 12.1. The fraction of sp³-hybridized carbons (Fsp3) is 0.875. The Hall–Kier alpha value is -0.740. The van der Waals surface area contributed by atoms with Gasteiger partial charge < -0.3 is 10.2 Å². The van der Waals surface area contributed by atoms with Crippen molar-refractivity contribution in [1.82, 2.24) is 0 Å². The molecule has 0 aliphatic carbocycles. The van der Waals surface area contributed by atoms with Crippen molar-refractivity contribution in [2.75, 3.05) is 6.61 Å². The van der Waals surface area contributed by atoms with Crippen LogP contribution in [-0.4, -0.2) is 34.5 Å². The summed E-state index contributed by atoms with van der Waals surface area (Å²) in [6.07, 6.45) is 5.22. The first-order chi connectivity index (χ1) is 9.58. The molecule has 0 aromatic rings. The number of aliphatic hydroxyl groups is 2. The van der Waals surface area contributed by atoms with E-state index in [9.17, 15) is 14.7 Å². The van der Waals surface area contributed by atoms with Crippen LogP contribution in [0.15, 0.2) is 0 Å². The van der Waals surface area contributed by atoms with Crippen molar-refractivity contribution < 1.29 is 19.8 Å². The quantitative estimate of drug-likeness (QED) is 0.403. The molecule has 0 aliphatic heterocycles. The molecular weight excluding hydrogens is 256 g/mol. The second kappa shape index (κ2) is 12.0. The van der Waals surface area contributed by atoms with Gasteiger partial charge in [-0.05, 0) is 19.3 Å². The van der Waals surface area contributed by atoms with Crippen LogP contribution in [0.25, 0.3) is 0 Å². The molecule has 0 heterocycles. The minimum absolute atomic E-state index is 0.0870. The molecule has 0 radical (unpaired) electrons. The standard InChI is InChI=1S/C16H30O4/c1-3-5-7-9-13(18)16(15(20)11-12-17)14(19)10-8-6-4-2/h15-17,20H,3-12H2,1-2H3. The van der Waals surface area contributed by atoms with Crippen molar-refractivity contribution in [3.05, 3.63) is 0 Å². The van der Waals surface area contributed by atoms with E-state index >= 15 is 0 Å². The van der Waals surface area contributed by atoms with Crippen molar-refractivity contribution in [2.24, 2.45) is 5.92 Å². The summed E-state index contributed by atoms with van der Waals surface area (Å²) in [6.45, 7) is 3.90. The fourth-order valence-electron chi connectivity index (χ4n) is 2.32. The molecule has 0 amide bonds. The normalized spacial score (nSPS) is 12.7. The number of carbonyl (C=O) groups excluding carboxylic acids is 2. The number of carbonyl (C=O) groups is 2. The average molecular weight is 286 g/mol. The zero-order valence-electron chi connectivity index (χ0n) is 12.9. The molecule has 118 valence electrons. The SMILES string of the molecule is CCCCCC(=O)C(C(=O)CCCCC)C(O)CCO. The molecule has 1 atom stereocenters. The number of unbranched alkanes of at least 4 members (excludes halogenated alkanes) is 4. The van der Waals surface area contributed by atoms with Crippen molar-refractivity contribution >= 4 is 11.6 Å². The Morgan fingerprint density at radius 2 is 1.35 bits per heavy atom. The number of hydrogen-bond acceptors (Lipinski definition) is 4. The van der Waals surface area contributed by atoms with Gasteiger partial charge in [0.05, 0.1) is 6.10 Å². The molecule has 0 aromatic carbocycles. The van der Waals surface area contributed by atoms with Gasteiger partial charge in [-0.3, -0.25) is 9.59 Å². The van der Waals surface area contributed by atoms with Gasteiger partial charge >= 0.3 is 0 Å². The molecule has 0 saturated carbocycles. The lowest BCUT2D eigenvalue weighted by molar-refractivity contribution is -0.138. The second-order valence-electron chi connectivity index (χ2n) is 5.40. The Balaban J connectivity index is 4.53. The maximum Gasteiger partial charge on any atom is 0.145 e. The van der Waals surface area contributed by atoms with Crippen LogP contribution in [0.4, 0.5) is 0 Å². The predicted octanol–water partition coefficient (Wildman–Crippen LogP) is 2.64. The lowest BCUT2D eigenvalue weighted by Gasteiger charge is -2.20. The molecule has 0 fully saturated rings. The molecule has 4 heteroatoms. The topological polar surface area (TPSA) is 74.6 Å². The van der Waals surface area contributed by atoms with Crippen LogP contribution in [0.2, 0.25) is 0 Å².